The highest BCUT2D eigenvalue weighted by Gasteiger charge is 2.02. The number of hydrogen-bond donors (Lipinski definition) is 1. The Morgan fingerprint density at radius 3 is 2.65 bits per heavy atom. The molecule has 0 saturated carbocycles. The van der Waals surface area contributed by atoms with Crippen LogP contribution >= 0.6 is 15.9 Å². The lowest BCUT2D eigenvalue weighted by Crippen LogP contribution is -1.96. The van der Waals surface area contributed by atoms with Gasteiger partial charge in [0.15, 0.2) is 0 Å². The average Bonchev–Trinajstić information content (AvgIpc) is 2.28. The quantitative estimate of drug-likeness (QED) is 0.934. The first-order valence-electron chi connectivity index (χ1n) is 5.10. The molecule has 0 atom stereocenters. The average molecular weight is 296 g/mol. The molecule has 4 heteroatoms. The van der Waals surface area contributed by atoms with E-state index in [4.69, 9.17) is 10.5 Å². The third-order valence-corrected chi connectivity index (χ3v) is 2.66. The second-order valence-corrected chi connectivity index (χ2v) is 4.47. The van der Waals surface area contributed by atoms with E-state index >= 15 is 0 Å². The van der Waals surface area contributed by atoms with Gasteiger partial charge < -0.3 is 10.5 Å². The molecule has 0 spiro atoms. The van der Waals surface area contributed by atoms with Gasteiger partial charge in [0.1, 0.15) is 17.3 Å². The van der Waals surface area contributed by atoms with Crippen LogP contribution in [0.25, 0.3) is 0 Å². The monoisotopic (exact) mass is 295 g/mol. The first-order valence-corrected chi connectivity index (χ1v) is 5.89. The van der Waals surface area contributed by atoms with E-state index in [0.717, 1.165) is 5.56 Å². The highest BCUT2D eigenvalue weighted by molar-refractivity contribution is 9.10. The van der Waals surface area contributed by atoms with Crippen molar-refractivity contribution in [2.75, 3.05) is 0 Å². The summed E-state index contributed by atoms with van der Waals surface area (Å²) in [6.07, 6.45) is 0. The summed E-state index contributed by atoms with van der Waals surface area (Å²) in [6.45, 7) is 0.448. The number of ether oxygens (including phenoxy) is 1. The number of hydrogen-bond acceptors (Lipinski definition) is 2. The minimum atomic E-state index is -0.343. The van der Waals surface area contributed by atoms with Crippen LogP contribution in [0.4, 0.5) is 4.39 Å². The molecule has 88 valence electrons. The SMILES string of the molecule is NCc1cccc(Oc2cc(F)cc(Br)c2)c1. The van der Waals surface area contributed by atoms with Crippen molar-refractivity contribution in [2.45, 2.75) is 6.54 Å². The second-order valence-electron chi connectivity index (χ2n) is 3.56. The maximum Gasteiger partial charge on any atom is 0.131 e. The van der Waals surface area contributed by atoms with Crippen molar-refractivity contribution in [3.63, 3.8) is 0 Å². The normalized spacial score (nSPS) is 10.3. The van der Waals surface area contributed by atoms with E-state index in [1.165, 1.54) is 12.1 Å². The van der Waals surface area contributed by atoms with Crippen LogP contribution in [0.1, 0.15) is 5.56 Å². The summed E-state index contributed by atoms with van der Waals surface area (Å²) in [6, 6.07) is 11.8. The van der Waals surface area contributed by atoms with Crippen molar-refractivity contribution in [3.05, 3.63) is 58.3 Å². The maximum absolute atomic E-state index is 13.1. The number of halogens is 2. The molecule has 2 nitrogen and oxygen atoms in total. The molecule has 0 heterocycles. The Balaban J connectivity index is 2.24. The fourth-order valence-electron chi connectivity index (χ4n) is 1.46. The molecule has 2 rings (SSSR count). The predicted octanol–water partition coefficient (Wildman–Crippen LogP) is 3.84. The van der Waals surface area contributed by atoms with Crippen LogP contribution in [-0.4, -0.2) is 0 Å². The Bertz CT molecular complexity index is 510. The summed E-state index contributed by atoms with van der Waals surface area (Å²) >= 11 is 3.21. The van der Waals surface area contributed by atoms with Crippen LogP contribution in [0.3, 0.4) is 0 Å². The van der Waals surface area contributed by atoms with Crippen molar-refractivity contribution in [3.8, 4) is 11.5 Å². The third kappa shape index (κ3) is 3.28. The van der Waals surface area contributed by atoms with E-state index in [9.17, 15) is 4.39 Å². The highest BCUT2D eigenvalue weighted by atomic mass is 79.9. The minimum Gasteiger partial charge on any atom is -0.457 e. The summed E-state index contributed by atoms with van der Waals surface area (Å²) in [5.41, 5.74) is 6.51. The molecule has 17 heavy (non-hydrogen) atoms. The van der Waals surface area contributed by atoms with Gasteiger partial charge >= 0.3 is 0 Å². The van der Waals surface area contributed by atoms with Crippen LogP contribution in [0, 0.1) is 5.82 Å². The molecule has 0 saturated heterocycles. The van der Waals surface area contributed by atoms with Crippen LogP contribution < -0.4 is 10.5 Å². The molecule has 0 aromatic heterocycles. The molecule has 0 fully saturated rings. The maximum atomic E-state index is 13.1. The van der Waals surface area contributed by atoms with Crippen molar-refractivity contribution in [1.29, 1.82) is 0 Å². The summed E-state index contributed by atoms with van der Waals surface area (Å²) in [5.74, 6) is 0.751. The van der Waals surface area contributed by atoms with E-state index in [2.05, 4.69) is 15.9 Å². The number of rotatable bonds is 3. The van der Waals surface area contributed by atoms with Gasteiger partial charge in [0.2, 0.25) is 0 Å². The Morgan fingerprint density at radius 1 is 1.12 bits per heavy atom. The van der Waals surface area contributed by atoms with E-state index in [0.29, 0.717) is 22.5 Å². The van der Waals surface area contributed by atoms with Gasteiger partial charge in [0, 0.05) is 17.1 Å². The molecule has 2 aromatic rings. The predicted molar refractivity (Wildman–Crippen MR) is 68.5 cm³/mol. The zero-order valence-electron chi connectivity index (χ0n) is 8.99. The zero-order chi connectivity index (χ0) is 12.3. The lowest BCUT2D eigenvalue weighted by molar-refractivity contribution is 0.475. The van der Waals surface area contributed by atoms with Crippen LogP contribution in [0.15, 0.2) is 46.9 Å². The second kappa shape index (κ2) is 5.29. The number of nitrogens with two attached hydrogens (primary N) is 1. The lowest BCUT2D eigenvalue weighted by atomic mass is 10.2. The van der Waals surface area contributed by atoms with E-state index in [1.54, 1.807) is 12.1 Å². The first-order chi connectivity index (χ1) is 8.17. The minimum absolute atomic E-state index is 0.343. The molecular weight excluding hydrogens is 285 g/mol. The van der Waals surface area contributed by atoms with Gasteiger partial charge in [0.05, 0.1) is 0 Å². The molecule has 0 amide bonds. The largest absolute Gasteiger partial charge is 0.457 e. The van der Waals surface area contributed by atoms with Gasteiger partial charge in [-0.3, -0.25) is 0 Å². The standard InChI is InChI=1S/C13H11BrFNO/c14-10-5-11(15)7-13(6-10)17-12-3-1-2-9(4-12)8-16/h1-7H,8,16H2. The molecule has 0 aliphatic heterocycles. The van der Waals surface area contributed by atoms with Gasteiger partial charge in [-0.25, -0.2) is 4.39 Å². The van der Waals surface area contributed by atoms with Gasteiger partial charge in [-0.15, -0.1) is 0 Å². The topological polar surface area (TPSA) is 35.2 Å². The Kier molecular flexibility index (Phi) is 3.76. The van der Waals surface area contributed by atoms with Crippen molar-refractivity contribution >= 4 is 15.9 Å². The van der Waals surface area contributed by atoms with Crippen LogP contribution in [-0.2, 0) is 6.54 Å². The summed E-state index contributed by atoms with van der Waals surface area (Å²) in [5, 5.41) is 0. The van der Waals surface area contributed by atoms with Crippen LogP contribution in [0.5, 0.6) is 11.5 Å². The molecule has 0 aliphatic carbocycles. The van der Waals surface area contributed by atoms with Gasteiger partial charge in [0.25, 0.3) is 0 Å². The summed E-state index contributed by atoms with van der Waals surface area (Å²) in [4.78, 5) is 0. The molecule has 0 unspecified atom stereocenters. The van der Waals surface area contributed by atoms with Gasteiger partial charge in [-0.2, -0.15) is 0 Å². The number of benzene rings is 2. The fraction of sp³-hybridized carbons (Fsp3) is 0.0769. The zero-order valence-corrected chi connectivity index (χ0v) is 10.6. The highest BCUT2D eigenvalue weighted by Crippen LogP contribution is 2.26. The van der Waals surface area contributed by atoms with E-state index in [1.807, 2.05) is 18.2 Å². The smallest absolute Gasteiger partial charge is 0.131 e. The summed E-state index contributed by atoms with van der Waals surface area (Å²) < 4.78 is 19.3. The molecule has 0 bridgehead atoms. The molecule has 0 radical (unpaired) electrons. The molecule has 2 N–H and O–H groups in total. The Labute approximate surface area is 107 Å². The van der Waals surface area contributed by atoms with Crippen LogP contribution in [0.2, 0.25) is 0 Å². The Hall–Kier alpha value is -1.39. The van der Waals surface area contributed by atoms with Crippen molar-refractivity contribution in [2.24, 2.45) is 5.73 Å². The Morgan fingerprint density at radius 2 is 1.94 bits per heavy atom. The third-order valence-electron chi connectivity index (χ3n) is 2.21. The molecule has 0 aliphatic rings. The van der Waals surface area contributed by atoms with Crippen molar-refractivity contribution < 1.29 is 9.13 Å². The van der Waals surface area contributed by atoms with Crippen molar-refractivity contribution in [1.82, 2.24) is 0 Å². The molecule has 2 aromatic carbocycles. The molecular formula is C13H11BrFNO. The van der Waals surface area contributed by atoms with E-state index in [-0.39, 0.29) is 5.82 Å². The lowest BCUT2D eigenvalue weighted by Gasteiger charge is -2.07. The summed E-state index contributed by atoms with van der Waals surface area (Å²) in [7, 11) is 0. The van der Waals surface area contributed by atoms with E-state index < -0.39 is 0 Å². The van der Waals surface area contributed by atoms with Gasteiger partial charge in [-0.05, 0) is 29.8 Å². The van der Waals surface area contributed by atoms with Gasteiger partial charge in [-0.1, -0.05) is 28.1 Å². The fourth-order valence-corrected chi connectivity index (χ4v) is 1.90. The first kappa shape index (κ1) is 12.1.